The maximum absolute atomic E-state index is 11.4. The molecule has 5 nitrogen and oxygen atoms in total. The van der Waals surface area contributed by atoms with Crippen LogP contribution in [0.2, 0.25) is 0 Å². The molecule has 0 radical (unpaired) electrons. The molecule has 58 heavy (non-hydrogen) atoms. The summed E-state index contributed by atoms with van der Waals surface area (Å²) in [5.74, 6) is 0. The second kappa shape index (κ2) is 15.0. The second-order valence-electron chi connectivity index (χ2n) is 14.3. The molecule has 0 spiro atoms. The fraction of sp³-hybridized carbons (Fsp3) is 0. The van der Waals surface area contributed by atoms with E-state index in [9.17, 15) is 4.79 Å². The first kappa shape index (κ1) is 34.6. The number of aromatic amines is 2. The lowest BCUT2D eigenvalue weighted by Crippen LogP contribution is -1.89. The van der Waals surface area contributed by atoms with Crippen molar-refractivity contribution < 1.29 is 4.79 Å². The maximum Gasteiger partial charge on any atom is 0.150 e. The normalized spacial score (nSPS) is 12.0. The molecule has 274 valence electrons. The van der Waals surface area contributed by atoms with Gasteiger partial charge in [-0.2, -0.15) is 0 Å². The molecule has 3 aromatic heterocycles. The molecule has 0 atom stereocenters. The molecule has 2 aliphatic heterocycles. The van der Waals surface area contributed by atoms with E-state index in [1.807, 2.05) is 48.5 Å². The van der Waals surface area contributed by atoms with E-state index in [-0.39, 0.29) is 0 Å². The highest BCUT2D eigenvalue weighted by Crippen LogP contribution is 2.39. The van der Waals surface area contributed by atoms with Gasteiger partial charge in [-0.15, -0.1) is 0 Å². The van der Waals surface area contributed by atoms with Crippen molar-refractivity contribution in [2.45, 2.75) is 0 Å². The number of benzene rings is 5. The van der Waals surface area contributed by atoms with Crippen LogP contribution in [0.5, 0.6) is 0 Å². The summed E-state index contributed by atoms with van der Waals surface area (Å²) >= 11 is 0. The van der Waals surface area contributed by atoms with Gasteiger partial charge >= 0.3 is 0 Å². The maximum atomic E-state index is 11.4. The minimum absolute atomic E-state index is 0.641. The molecular formula is C53H36N4O. The summed E-state index contributed by atoms with van der Waals surface area (Å²) in [6.07, 6.45) is 13.6. The first-order chi connectivity index (χ1) is 28.7. The number of fused-ring (bicyclic) bond motifs is 8. The van der Waals surface area contributed by atoms with Crippen LogP contribution in [0.4, 0.5) is 0 Å². The summed E-state index contributed by atoms with van der Waals surface area (Å²) < 4.78 is 0. The van der Waals surface area contributed by atoms with E-state index in [2.05, 4.69) is 162 Å². The average Bonchev–Trinajstić information content (AvgIpc) is 4.12. The summed E-state index contributed by atoms with van der Waals surface area (Å²) in [6, 6.07) is 56.0. The van der Waals surface area contributed by atoms with Crippen molar-refractivity contribution in [1.82, 2.24) is 19.9 Å². The molecule has 2 N–H and O–H groups in total. The van der Waals surface area contributed by atoms with Crippen LogP contribution in [-0.4, -0.2) is 26.2 Å². The van der Waals surface area contributed by atoms with Crippen molar-refractivity contribution in [2.24, 2.45) is 0 Å². The predicted molar refractivity (Wildman–Crippen MR) is 241 cm³/mol. The second-order valence-corrected chi connectivity index (χ2v) is 14.3. The van der Waals surface area contributed by atoms with Gasteiger partial charge in [0.15, 0.2) is 0 Å². The fourth-order valence-corrected chi connectivity index (χ4v) is 7.95. The van der Waals surface area contributed by atoms with Crippen molar-refractivity contribution in [3.05, 3.63) is 203 Å². The molecule has 8 bridgehead atoms. The van der Waals surface area contributed by atoms with Gasteiger partial charge in [-0.3, -0.25) is 4.79 Å². The molecule has 5 heterocycles. The lowest BCUT2D eigenvalue weighted by atomic mass is 10.0. The van der Waals surface area contributed by atoms with E-state index in [1.54, 1.807) is 0 Å². The number of hydrogen-bond donors (Lipinski definition) is 2. The van der Waals surface area contributed by atoms with Gasteiger partial charge in [0.1, 0.15) is 6.29 Å². The van der Waals surface area contributed by atoms with Gasteiger partial charge in [-0.1, -0.05) is 158 Å². The number of rotatable bonds is 7. The van der Waals surface area contributed by atoms with Gasteiger partial charge in [0.25, 0.3) is 0 Å². The molecule has 10 rings (SSSR count). The van der Waals surface area contributed by atoms with E-state index in [0.717, 1.165) is 107 Å². The molecule has 5 aromatic carbocycles. The molecule has 5 heteroatoms. The van der Waals surface area contributed by atoms with Crippen LogP contribution in [0.3, 0.4) is 0 Å². The van der Waals surface area contributed by atoms with Crippen molar-refractivity contribution in [1.29, 1.82) is 0 Å². The molecule has 0 amide bonds. The number of aldehydes is 1. The molecule has 0 unspecified atom stereocenters. The van der Waals surface area contributed by atoms with Gasteiger partial charge in [-0.25, -0.2) is 9.97 Å². The number of nitrogens with zero attached hydrogens (tertiary/aromatic N) is 2. The third-order valence-electron chi connectivity index (χ3n) is 10.7. The van der Waals surface area contributed by atoms with Crippen molar-refractivity contribution in [2.75, 3.05) is 0 Å². The Bertz CT molecular complexity index is 3080. The fourth-order valence-electron chi connectivity index (χ4n) is 7.95. The first-order valence-electron chi connectivity index (χ1n) is 19.4. The van der Waals surface area contributed by atoms with Crippen LogP contribution in [0.25, 0.3) is 103 Å². The predicted octanol–water partition coefficient (Wildman–Crippen LogP) is 13.3. The Balaban J connectivity index is 1.39. The smallest absolute Gasteiger partial charge is 0.150 e. The third-order valence-corrected chi connectivity index (χ3v) is 10.7. The van der Waals surface area contributed by atoms with Crippen LogP contribution in [0, 0.1) is 0 Å². The van der Waals surface area contributed by atoms with E-state index < -0.39 is 0 Å². The molecule has 0 aliphatic carbocycles. The number of carbonyl (C=O) groups is 1. The number of H-pyrrole nitrogens is 2. The Kier molecular flexibility index (Phi) is 8.93. The zero-order chi connectivity index (χ0) is 38.8. The van der Waals surface area contributed by atoms with Gasteiger partial charge in [0.05, 0.1) is 28.3 Å². The zero-order valence-electron chi connectivity index (χ0n) is 31.4. The van der Waals surface area contributed by atoms with Gasteiger partial charge < -0.3 is 9.97 Å². The number of hydrogen-bond acceptors (Lipinski definition) is 3. The Morgan fingerprint density at radius 1 is 0.379 bits per heavy atom. The van der Waals surface area contributed by atoms with E-state index in [1.165, 1.54) is 0 Å². The Morgan fingerprint density at radius 3 is 1.22 bits per heavy atom. The quantitative estimate of drug-likeness (QED) is 0.160. The summed E-state index contributed by atoms with van der Waals surface area (Å²) in [7, 11) is 0. The monoisotopic (exact) mass is 744 g/mol. The number of aromatic nitrogens is 4. The highest BCUT2D eigenvalue weighted by atomic mass is 16.1. The van der Waals surface area contributed by atoms with Crippen LogP contribution >= 0.6 is 0 Å². The molecular weight excluding hydrogens is 709 g/mol. The molecule has 0 fully saturated rings. The molecule has 2 aliphatic rings. The van der Waals surface area contributed by atoms with Crippen molar-refractivity contribution in [3.8, 4) is 44.5 Å². The Morgan fingerprint density at radius 2 is 0.776 bits per heavy atom. The Hall–Kier alpha value is -7.89. The van der Waals surface area contributed by atoms with Crippen LogP contribution in [-0.2, 0) is 0 Å². The van der Waals surface area contributed by atoms with E-state index >= 15 is 0 Å². The molecule has 8 aromatic rings. The van der Waals surface area contributed by atoms with Gasteiger partial charge in [0.2, 0.25) is 0 Å². The third kappa shape index (κ3) is 6.51. The van der Waals surface area contributed by atoms with E-state index in [0.29, 0.717) is 5.56 Å². The molecule has 0 saturated heterocycles. The van der Waals surface area contributed by atoms with Gasteiger partial charge in [0, 0.05) is 49.9 Å². The molecule has 0 saturated carbocycles. The number of carbonyl (C=O) groups excluding carboxylic acids is 1. The number of nitrogens with one attached hydrogen (secondary N) is 2. The van der Waals surface area contributed by atoms with Crippen molar-refractivity contribution >= 4 is 64.8 Å². The van der Waals surface area contributed by atoms with Crippen LogP contribution < -0.4 is 0 Å². The highest BCUT2D eigenvalue weighted by molar-refractivity contribution is 6.02. The van der Waals surface area contributed by atoms with E-state index in [4.69, 9.17) is 9.97 Å². The minimum Gasteiger partial charge on any atom is -0.354 e. The average molecular weight is 745 g/mol. The first-order valence-corrected chi connectivity index (χ1v) is 19.4. The largest absolute Gasteiger partial charge is 0.354 e. The zero-order valence-corrected chi connectivity index (χ0v) is 31.4. The highest BCUT2D eigenvalue weighted by Gasteiger charge is 2.20. The summed E-state index contributed by atoms with van der Waals surface area (Å²) in [5.41, 5.74) is 18.0. The lowest BCUT2D eigenvalue weighted by molar-refractivity contribution is 0.112. The minimum atomic E-state index is 0.641. The lowest BCUT2D eigenvalue weighted by Gasteiger charge is -2.07. The topological polar surface area (TPSA) is 74.4 Å². The summed E-state index contributed by atoms with van der Waals surface area (Å²) in [6.45, 7) is 0. The summed E-state index contributed by atoms with van der Waals surface area (Å²) in [4.78, 5) is 30.1. The van der Waals surface area contributed by atoms with Crippen LogP contribution in [0.15, 0.2) is 164 Å². The summed E-state index contributed by atoms with van der Waals surface area (Å²) in [5, 5.41) is 0. The van der Waals surface area contributed by atoms with Gasteiger partial charge in [-0.05, 0) is 70.3 Å². The SMILES string of the molecule is O=Cc1ccc(/C=C/c2cc3[nH]c2c(-c2ccccc2)c2nc(c(-c4ccccc4)c4ccc([nH]4)c(-c4ccccc4)c4nc(c3-c3ccccc3)C=C4)C=C2)cc1. The standard InChI is InChI=1S/C53H36N4O/c58-34-36-23-21-35(22-24-36)25-26-41-33-48-51(39-17-9-3-10-18-39)46-30-29-44(55-46)49(37-13-5-1-6-14-37)42-27-28-43(54-42)50(38-15-7-2-8-16-38)45-31-32-47(56-45)52(53(41)57-48)40-19-11-4-12-20-40/h1-34,54,57H/b26-25+,49-42?,49-44?,50-43?,50-45?,51-46?,51-48?,52-47?,53-52?. The Labute approximate surface area is 336 Å². The van der Waals surface area contributed by atoms with Crippen LogP contribution in [0.1, 0.15) is 44.3 Å². The van der Waals surface area contributed by atoms with Crippen molar-refractivity contribution in [3.63, 3.8) is 0 Å².